The Morgan fingerprint density at radius 1 is 1.27 bits per heavy atom. The minimum absolute atomic E-state index is 0.354. The first kappa shape index (κ1) is 14.6. The molecule has 0 bridgehead atoms. The molecule has 8 heteroatoms. The van der Waals surface area contributed by atoms with Crippen LogP contribution in [0.5, 0.6) is 0 Å². The Morgan fingerprint density at radius 3 is 2.82 bits per heavy atom. The number of benzene rings is 1. The van der Waals surface area contributed by atoms with E-state index in [0.29, 0.717) is 11.5 Å². The zero-order valence-electron chi connectivity index (χ0n) is 11.9. The Morgan fingerprint density at radius 2 is 2.09 bits per heavy atom. The summed E-state index contributed by atoms with van der Waals surface area (Å²) in [4.78, 5) is 0. The molecule has 0 radical (unpaired) electrons. The number of nitrogens with zero attached hydrogens (tertiary/aromatic N) is 6. The van der Waals surface area contributed by atoms with Gasteiger partial charge >= 0.3 is 0 Å². The summed E-state index contributed by atoms with van der Waals surface area (Å²) < 4.78 is 17.6. The molecule has 0 spiro atoms. The van der Waals surface area contributed by atoms with Crippen molar-refractivity contribution in [2.45, 2.75) is 13.8 Å². The highest BCUT2D eigenvalue weighted by Crippen LogP contribution is 2.14. The van der Waals surface area contributed by atoms with Crippen LogP contribution in [0.1, 0.15) is 17.0 Å². The van der Waals surface area contributed by atoms with Crippen LogP contribution in [0.15, 0.2) is 40.2 Å². The molecule has 2 heterocycles. The molecular formula is C14H12BrFN6. The molecule has 1 aromatic carbocycles. The lowest BCUT2D eigenvalue weighted by Crippen LogP contribution is -2.06. The average Bonchev–Trinajstić information content (AvgIpc) is 3.05. The van der Waals surface area contributed by atoms with Crippen LogP contribution in [0.3, 0.4) is 0 Å². The smallest absolute Gasteiger partial charge is 0.206 e. The van der Waals surface area contributed by atoms with E-state index in [-0.39, 0.29) is 5.82 Å². The van der Waals surface area contributed by atoms with E-state index >= 15 is 0 Å². The second kappa shape index (κ2) is 5.80. The van der Waals surface area contributed by atoms with E-state index in [1.54, 1.807) is 16.8 Å². The molecule has 112 valence electrons. The lowest BCUT2D eigenvalue weighted by molar-refractivity contribution is 0.625. The highest BCUT2D eigenvalue weighted by atomic mass is 79.9. The SMILES string of the molecule is Cc1cc(C)n(-c2nncn2/N=C\c2cc(Br)ccc2F)n1. The Labute approximate surface area is 134 Å². The number of aryl methyl sites for hydroxylation is 2. The van der Waals surface area contributed by atoms with Crippen LogP contribution >= 0.6 is 15.9 Å². The van der Waals surface area contributed by atoms with Gasteiger partial charge in [-0.15, -0.1) is 10.2 Å². The number of hydrogen-bond acceptors (Lipinski definition) is 4. The number of halogens is 2. The van der Waals surface area contributed by atoms with Crippen LogP contribution in [0, 0.1) is 19.7 Å². The fourth-order valence-corrected chi connectivity index (χ4v) is 2.39. The molecule has 22 heavy (non-hydrogen) atoms. The molecule has 0 atom stereocenters. The molecule has 3 aromatic rings. The topological polar surface area (TPSA) is 60.9 Å². The molecule has 0 aliphatic rings. The first-order chi connectivity index (χ1) is 10.5. The molecule has 0 amide bonds. The summed E-state index contributed by atoms with van der Waals surface area (Å²) in [6, 6.07) is 6.58. The van der Waals surface area contributed by atoms with Crippen molar-refractivity contribution in [2.24, 2.45) is 5.10 Å². The lowest BCUT2D eigenvalue weighted by Gasteiger charge is -2.02. The maximum Gasteiger partial charge on any atom is 0.273 e. The molecule has 0 aliphatic carbocycles. The molecule has 0 N–H and O–H groups in total. The summed E-state index contributed by atoms with van der Waals surface area (Å²) >= 11 is 3.30. The van der Waals surface area contributed by atoms with Gasteiger partial charge in [-0.3, -0.25) is 0 Å². The molecule has 2 aromatic heterocycles. The van der Waals surface area contributed by atoms with Gasteiger partial charge in [0.25, 0.3) is 5.95 Å². The normalized spacial score (nSPS) is 11.5. The van der Waals surface area contributed by atoms with E-state index < -0.39 is 0 Å². The van der Waals surface area contributed by atoms with Gasteiger partial charge in [0.2, 0.25) is 0 Å². The van der Waals surface area contributed by atoms with E-state index in [9.17, 15) is 4.39 Å². The zero-order chi connectivity index (χ0) is 15.7. The predicted octanol–water partition coefficient (Wildman–Crippen LogP) is 2.86. The predicted molar refractivity (Wildman–Crippen MR) is 83.7 cm³/mol. The zero-order valence-corrected chi connectivity index (χ0v) is 13.5. The first-order valence-corrected chi connectivity index (χ1v) is 7.27. The van der Waals surface area contributed by atoms with Gasteiger partial charge in [0.15, 0.2) is 0 Å². The quantitative estimate of drug-likeness (QED) is 0.673. The van der Waals surface area contributed by atoms with Crippen LogP contribution < -0.4 is 0 Å². The highest BCUT2D eigenvalue weighted by molar-refractivity contribution is 9.10. The summed E-state index contributed by atoms with van der Waals surface area (Å²) in [5, 5.41) is 16.4. The van der Waals surface area contributed by atoms with Crippen molar-refractivity contribution < 1.29 is 4.39 Å². The van der Waals surface area contributed by atoms with Gasteiger partial charge in [-0.2, -0.15) is 14.9 Å². The van der Waals surface area contributed by atoms with Crippen molar-refractivity contribution >= 4 is 22.1 Å². The van der Waals surface area contributed by atoms with Gasteiger partial charge in [-0.05, 0) is 38.1 Å². The Balaban J connectivity index is 1.97. The second-order valence-corrected chi connectivity index (χ2v) is 5.64. The molecule has 0 aliphatic heterocycles. The maximum absolute atomic E-state index is 13.7. The standard InChI is InChI=1S/C14H12BrFN6/c1-9-5-10(2)22(20-9)14-19-17-8-21(14)18-7-11-6-12(15)3-4-13(11)16/h3-8H,1-2H3/b18-7-. The van der Waals surface area contributed by atoms with Gasteiger partial charge < -0.3 is 0 Å². The molecule has 0 saturated carbocycles. The first-order valence-electron chi connectivity index (χ1n) is 6.47. The Bertz CT molecular complexity index is 851. The average molecular weight is 363 g/mol. The van der Waals surface area contributed by atoms with Crippen molar-refractivity contribution in [2.75, 3.05) is 0 Å². The molecular weight excluding hydrogens is 351 g/mol. The van der Waals surface area contributed by atoms with Crippen molar-refractivity contribution in [1.82, 2.24) is 24.7 Å². The third-order valence-electron chi connectivity index (χ3n) is 2.99. The molecule has 3 rings (SSSR count). The van der Waals surface area contributed by atoms with Gasteiger partial charge in [0, 0.05) is 15.7 Å². The number of rotatable bonds is 3. The summed E-state index contributed by atoms with van der Waals surface area (Å²) in [5.74, 6) is 0.0879. The van der Waals surface area contributed by atoms with Crippen molar-refractivity contribution in [3.8, 4) is 5.95 Å². The summed E-state index contributed by atoms with van der Waals surface area (Å²) in [5.41, 5.74) is 2.15. The van der Waals surface area contributed by atoms with E-state index in [0.717, 1.165) is 15.9 Å². The van der Waals surface area contributed by atoms with Gasteiger partial charge in [0.05, 0.1) is 11.9 Å². The fraction of sp³-hybridized carbons (Fsp3) is 0.143. The van der Waals surface area contributed by atoms with Crippen LogP contribution in [0.25, 0.3) is 5.95 Å². The molecule has 6 nitrogen and oxygen atoms in total. The van der Waals surface area contributed by atoms with Crippen LogP contribution in [0.4, 0.5) is 4.39 Å². The Kier molecular flexibility index (Phi) is 3.84. The number of hydrogen-bond donors (Lipinski definition) is 0. The van der Waals surface area contributed by atoms with Gasteiger partial charge in [-0.25, -0.2) is 9.07 Å². The third-order valence-corrected chi connectivity index (χ3v) is 3.48. The summed E-state index contributed by atoms with van der Waals surface area (Å²) in [7, 11) is 0. The monoisotopic (exact) mass is 362 g/mol. The molecule has 0 unspecified atom stereocenters. The minimum atomic E-state index is -0.354. The number of aromatic nitrogens is 5. The maximum atomic E-state index is 13.7. The van der Waals surface area contributed by atoms with Crippen molar-refractivity contribution in [3.63, 3.8) is 0 Å². The van der Waals surface area contributed by atoms with Crippen molar-refractivity contribution in [3.05, 3.63) is 57.8 Å². The fourth-order valence-electron chi connectivity index (χ4n) is 2.01. The van der Waals surface area contributed by atoms with Crippen LogP contribution in [-0.2, 0) is 0 Å². The van der Waals surface area contributed by atoms with Gasteiger partial charge in [-0.1, -0.05) is 15.9 Å². The molecule has 0 fully saturated rings. The van der Waals surface area contributed by atoms with Crippen LogP contribution in [0.2, 0.25) is 0 Å². The van der Waals surface area contributed by atoms with Crippen molar-refractivity contribution in [1.29, 1.82) is 0 Å². The van der Waals surface area contributed by atoms with E-state index in [1.807, 2.05) is 19.9 Å². The van der Waals surface area contributed by atoms with Gasteiger partial charge in [0.1, 0.15) is 12.1 Å². The second-order valence-electron chi connectivity index (χ2n) is 4.72. The van der Waals surface area contributed by atoms with E-state index in [2.05, 4.69) is 36.3 Å². The summed E-state index contributed by atoms with van der Waals surface area (Å²) in [6.07, 6.45) is 2.86. The minimum Gasteiger partial charge on any atom is -0.206 e. The summed E-state index contributed by atoms with van der Waals surface area (Å²) in [6.45, 7) is 3.81. The highest BCUT2D eigenvalue weighted by Gasteiger charge is 2.10. The largest absolute Gasteiger partial charge is 0.273 e. The van der Waals surface area contributed by atoms with Crippen LogP contribution in [-0.4, -0.2) is 30.9 Å². The Hall–Kier alpha value is -2.35. The lowest BCUT2D eigenvalue weighted by atomic mass is 10.2. The molecule has 0 saturated heterocycles. The van der Waals surface area contributed by atoms with E-state index in [1.165, 1.54) is 23.3 Å². The van der Waals surface area contributed by atoms with E-state index in [4.69, 9.17) is 0 Å². The third kappa shape index (κ3) is 2.82.